The van der Waals surface area contributed by atoms with Gasteiger partial charge in [-0.05, 0) is 12.5 Å². The molecule has 116 valence electrons. The Morgan fingerprint density at radius 3 is 2.62 bits per heavy atom. The van der Waals surface area contributed by atoms with Crippen molar-refractivity contribution in [1.29, 1.82) is 0 Å². The van der Waals surface area contributed by atoms with E-state index in [1.165, 1.54) is 7.05 Å². The number of halogens is 1. The maximum atomic E-state index is 13.5. The van der Waals surface area contributed by atoms with E-state index in [0.29, 0.717) is 6.54 Å². The predicted molar refractivity (Wildman–Crippen MR) is 79.1 cm³/mol. The van der Waals surface area contributed by atoms with Crippen LogP contribution in [-0.4, -0.2) is 24.4 Å². The van der Waals surface area contributed by atoms with E-state index in [4.69, 9.17) is 0 Å². The summed E-state index contributed by atoms with van der Waals surface area (Å²) in [6, 6.07) is 1.92. The number of nitro benzene ring substituents is 1. The summed E-state index contributed by atoms with van der Waals surface area (Å²) in [4.78, 5) is 22.2. The maximum absolute atomic E-state index is 13.5. The van der Waals surface area contributed by atoms with E-state index in [0.717, 1.165) is 37.8 Å². The minimum atomic E-state index is -0.760. The fourth-order valence-corrected chi connectivity index (χ4v) is 1.94. The molecule has 0 atom stereocenters. The molecular weight excluding hydrogens is 277 g/mol. The molecule has 0 heterocycles. The van der Waals surface area contributed by atoms with Crippen LogP contribution < -0.4 is 10.6 Å². The Labute approximate surface area is 122 Å². The normalized spacial score (nSPS) is 10.2. The number of anilines is 1. The van der Waals surface area contributed by atoms with Gasteiger partial charge in [0.15, 0.2) is 5.82 Å². The van der Waals surface area contributed by atoms with Crippen LogP contribution >= 0.6 is 0 Å². The molecule has 0 aliphatic heterocycles. The first-order valence-corrected chi connectivity index (χ1v) is 6.95. The Morgan fingerprint density at radius 2 is 2.05 bits per heavy atom. The second-order valence-corrected chi connectivity index (χ2v) is 4.67. The van der Waals surface area contributed by atoms with Gasteiger partial charge in [-0.2, -0.15) is 0 Å². The van der Waals surface area contributed by atoms with Gasteiger partial charge in [-0.1, -0.05) is 26.2 Å². The summed E-state index contributed by atoms with van der Waals surface area (Å²) in [5, 5.41) is 16.1. The number of hydrogen-bond donors (Lipinski definition) is 2. The standard InChI is InChI=1S/C14H20FN3O3/c1-3-4-5-6-7-17-14(19)10-8-12(16-2)11(15)9-13(10)18(20)21/h8-9,16H,3-7H2,1-2H3,(H,17,19). The van der Waals surface area contributed by atoms with Gasteiger partial charge in [0.25, 0.3) is 11.6 Å². The third-order valence-electron chi connectivity index (χ3n) is 3.11. The van der Waals surface area contributed by atoms with Crippen molar-refractivity contribution in [2.24, 2.45) is 0 Å². The van der Waals surface area contributed by atoms with Crippen LogP contribution in [0.15, 0.2) is 12.1 Å². The average molecular weight is 297 g/mol. The number of nitrogens with zero attached hydrogens (tertiary/aromatic N) is 1. The number of amides is 1. The van der Waals surface area contributed by atoms with E-state index in [1.807, 2.05) is 0 Å². The van der Waals surface area contributed by atoms with E-state index in [9.17, 15) is 19.3 Å². The predicted octanol–water partition coefficient (Wildman–Crippen LogP) is 3.09. The second kappa shape index (κ2) is 8.18. The highest BCUT2D eigenvalue weighted by Crippen LogP contribution is 2.25. The summed E-state index contributed by atoms with van der Waals surface area (Å²) in [7, 11) is 1.48. The molecule has 0 aliphatic carbocycles. The van der Waals surface area contributed by atoms with Crippen molar-refractivity contribution in [2.45, 2.75) is 32.6 Å². The van der Waals surface area contributed by atoms with E-state index >= 15 is 0 Å². The topological polar surface area (TPSA) is 84.3 Å². The summed E-state index contributed by atoms with van der Waals surface area (Å²) in [6.45, 7) is 2.53. The Bertz CT molecular complexity index is 520. The van der Waals surface area contributed by atoms with Gasteiger partial charge in [-0.3, -0.25) is 14.9 Å². The van der Waals surface area contributed by atoms with Crippen molar-refractivity contribution >= 4 is 17.3 Å². The second-order valence-electron chi connectivity index (χ2n) is 4.67. The summed E-state index contributed by atoms with van der Waals surface area (Å²) in [5.74, 6) is -1.32. The largest absolute Gasteiger partial charge is 0.386 e. The lowest BCUT2D eigenvalue weighted by atomic mass is 10.1. The Kier molecular flexibility index (Phi) is 6.58. The third kappa shape index (κ3) is 4.70. The molecule has 0 radical (unpaired) electrons. The molecule has 0 saturated heterocycles. The molecule has 0 bridgehead atoms. The number of benzene rings is 1. The van der Waals surface area contributed by atoms with Crippen LogP contribution in [-0.2, 0) is 0 Å². The zero-order chi connectivity index (χ0) is 15.8. The number of carbonyl (C=O) groups excluding carboxylic acids is 1. The minimum Gasteiger partial charge on any atom is -0.386 e. The average Bonchev–Trinajstić information content (AvgIpc) is 2.46. The molecule has 6 nitrogen and oxygen atoms in total. The lowest BCUT2D eigenvalue weighted by Gasteiger charge is -2.08. The van der Waals surface area contributed by atoms with Crippen molar-refractivity contribution in [1.82, 2.24) is 5.32 Å². The zero-order valence-corrected chi connectivity index (χ0v) is 12.2. The summed E-state index contributed by atoms with van der Waals surface area (Å²) in [6.07, 6.45) is 3.97. The van der Waals surface area contributed by atoms with Gasteiger partial charge in [0.1, 0.15) is 5.56 Å². The first-order chi connectivity index (χ1) is 10.0. The number of unbranched alkanes of at least 4 members (excludes halogenated alkanes) is 3. The molecule has 1 rings (SSSR count). The Balaban J connectivity index is 2.84. The fraction of sp³-hybridized carbons (Fsp3) is 0.500. The Hall–Kier alpha value is -2.18. The molecule has 1 aromatic carbocycles. The van der Waals surface area contributed by atoms with Crippen molar-refractivity contribution in [2.75, 3.05) is 18.9 Å². The SMILES string of the molecule is CCCCCCNC(=O)c1cc(NC)c(F)cc1[N+](=O)[O-]. The van der Waals surface area contributed by atoms with Crippen molar-refractivity contribution in [3.63, 3.8) is 0 Å². The monoisotopic (exact) mass is 297 g/mol. The lowest BCUT2D eigenvalue weighted by Crippen LogP contribution is -2.25. The zero-order valence-electron chi connectivity index (χ0n) is 12.2. The van der Waals surface area contributed by atoms with Gasteiger partial charge in [-0.15, -0.1) is 0 Å². The fourth-order valence-electron chi connectivity index (χ4n) is 1.94. The van der Waals surface area contributed by atoms with Gasteiger partial charge < -0.3 is 10.6 Å². The van der Waals surface area contributed by atoms with Crippen LogP contribution in [0.5, 0.6) is 0 Å². The highest BCUT2D eigenvalue weighted by molar-refractivity contribution is 5.99. The molecule has 1 aromatic rings. The number of nitro groups is 1. The summed E-state index contributed by atoms with van der Waals surface area (Å²) >= 11 is 0. The molecule has 0 spiro atoms. The van der Waals surface area contributed by atoms with E-state index in [1.54, 1.807) is 0 Å². The van der Waals surface area contributed by atoms with Crippen LogP contribution in [0.25, 0.3) is 0 Å². The first kappa shape index (κ1) is 16.9. The molecule has 0 saturated carbocycles. The van der Waals surface area contributed by atoms with Crippen molar-refractivity contribution < 1.29 is 14.1 Å². The van der Waals surface area contributed by atoms with Crippen LogP contribution in [0.4, 0.5) is 15.8 Å². The first-order valence-electron chi connectivity index (χ1n) is 6.95. The molecular formula is C14H20FN3O3. The van der Waals surface area contributed by atoms with Crippen LogP contribution in [0.3, 0.4) is 0 Å². The van der Waals surface area contributed by atoms with E-state index < -0.39 is 22.3 Å². The summed E-state index contributed by atoms with van der Waals surface area (Å²) < 4.78 is 13.5. The van der Waals surface area contributed by atoms with Gasteiger partial charge in [0, 0.05) is 13.6 Å². The van der Waals surface area contributed by atoms with Crippen LogP contribution in [0, 0.1) is 15.9 Å². The molecule has 0 aromatic heterocycles. The van der Waals surface area contributed by atoms with E-state index in [2.05, 4.69) is 17.6 Å². The molecule has 0 unspecified atom stereocenters. The van der Waals surface area contributed by atoms with Gasteiger partial charge in [0.05, 0.1) is 16.7 Å². The molecule has 21 heavy (non-hydrogen) atoms. The molecule has 7 heteroatoms. The maximum Gasteiger partial charge on any atom is 0.285 e. The number of carbonyl (C=O) groups is 1. The smallest absolute Gasteiger partial charge is 0.285 e. The molecule has 1 amide bonds. The van der Waals surface area contributed by atoms with Gasteiger partial charge >= 0.3 is 0 Å². The number of hydrogen-bond acceptors (Lipinski definition) is 4. The van der Waals surface area contributed by atoms with Gasteiger partial charge in [-0.25, -0.2) is 4.39 Å². The molecule has 0 aliphatic rings. The minimum absolute atomic E-state index is 0.0525. The molecule has 2 N–H and O–H groups in total. The van der Waals surface area contributed by atoms with Crippen molar-refractivity contribution in [3.05, 3.63) is 33.6 Å². The number of nitrogens with one attached hydrogen (secondary N) is 2. The summed E-state index contributed by atoms with van der Waals surface area (Å²) in [5.41, 5.74) is -0.615. The third-order valence-corrected chi connectivity index (χ3v) is 3.11. The van der Waals surface area contributed by atoms with Crippen LogP contribution in [0.1, 0.15) is 43.0 Å². The van der Waals surface area contributed by atoms with Crippen molar-refractivity contribution in [3.8, 4) is 0 Å². The molecule has 0 fully saturated rings. The quantitative estimate of drug-likeness (QED) is 0.439. The van der Waals surface area contributed by atoms with Gasteiger partial charge in [0.2, 0.25) is 0 Å². The highest BCUT2D eigenvalue weighted by Gasteiger charge is 2.23. The number of rotatable bonds is 8. The Morgan fingerprint density at radius 1 is 1.33 bits per heavy atom. The highest BCUT2D eigenvalue weighted by atomic mass is 19.1. The van der Waals surface area contributed by atoms with Crippen LogP contribution in [0.2, 0.25) is 0 Å². The lowest BCUT2D eigenvalue weighted by molar-refractivity contribution is -0.385. The van der Waals surface area contributed by atoms with E-state index in [-0.39, 0.29) is 11.3 Å².